The molecule has 1 N–H and O–H groups in total. The Morgan fingerprint density at radius 1 is 1.00 bits per heavy atom. The molecule has 1 heterocycles. The number of nitrogens with zero attached hydrogens (tertiary/aromatic N) is 1. The van der Waals surface area contributed by atoms with Crippen LogP contribution in [0.5, 0.6) is 0 Å². The van der Waals surface area contributed by atoms with E-state index >= 15 is 0 Å². The number of nitrogens with one attached hydrogen (secondary N) is 1. The van der Waals surface area contributed by atoms with Crippen molar-refractivity contribution >= 4 is 0 Å². The second-order valence-electron chi connectivity index (χ2n) is 6.59. The summed E-state index contributed by atoms with van der Waals surface area (Å²) in [5, 5.41) is 2.44. The number of hydrogen-bond acceptors (Lipinski definition) is 2. The summed E-state index contributed by atoms with van der Waals surface area (Å²) in [6.07, 6.45) is 1.28. The summed E-state index contributed by atoms with van der Waals surface area (Å²) in [6, 6.07) is 0.595. The molecule has 0 saturated carbocycles. The molecule has 0 aromatic carbocycles. The highest BCUT2D eigenvalue weighted by atomic mass is 15.5. The van der Waals surface area contributed by atoms with E-state index in [0.29, 0.717) is 16.9 Å². The molecule has 2 heteroatoms. The fourth-order valence-corrected chi connectivity index (χ4v) is 3.01. The van der Waals surface area contributed by atoms with Crippen LogP contribution in [0.25, 0.3) is 0 Å². The summed E-state index contributed by atoms with van der Waals surface area (Å²) in [6.45, 7) is 16.4. The molecule has 0 spiro atoms. The molecule has 1 fully saturated rings. The van der Waals surface area contributed by atoms with Crippen LogP contribution in [0.1, 0.15) is 48.0 Å². The molecule has 2 nitrogen and oxygen atoms in total. The zero-order valence-electron chi connectivity index (χ0n) is 10.6. The zero-order valence-corrected chi connectivity index (χ0v) is 10.6. The molecule has 0 radical (unpaired) electrons. The van der Waals surface area contributed by atoms with Crippen molar-refractivity contribution in [3.05, 3.63) is 0 Å². The van der Waals surface area contributed by atoms with E-state index in [1.807, 2.05) is 0 Å². The van der Waals surface area contributed by atoms with Gasteiger partial charge in [-0.1, -0.05) is 41.5 Å². The number of hydrogen-bond donors (Lipinski definition) is 1. The highest BCUT2D eigenvalue weighted by Gasteiger charge is 2.40. The van der Waals surface area contributed by atoms with E-state index in [9.17, 15) is 0 Å². The predicted molar refractivity (Wildman–Crippen MR) is 62.0 cm³/mol. The fourth-order valence-electron chi connectivity index (χ4n) is 3.01. The minimum absolute atomic E-state index is 0.329. The first-order valence-electron chi connectivity index (χ1n) is 5.73. The molecule has 1 aliphatic heterocycles. The van der Waals surface area contributed by atoms with Gasteiger partial charge in [-0.3, -0.25) is 5.43 Å². The summed E-state index contributed by atoms with van der Waals surface area (Å²) in [4.78, 5) is 0. The quantitative estimate of drug-likeness (QED) is 0.697. The van der Waals surface area contributed by atoms with Crippen molar-refractivity contribution in [2.24, 2.45) is 10.8 Å². The van der Waals surface area contributed by atoms with Crippen LogP contribution in [0.15, 0.2) is 0 Å². The van der Waals surface area contributed by atoms with Crippen LogP contribution in [0.4, 0.5) is 0 Å². The molecule has 1 rings (SSSR count). The van der Waals surface area contributed by atoms with Crippen LogP contribution in [0, 0.1) is 10.8 Å². The Hall–Kier alpha value is -0.0800. The second kappa shape index (κ2) is 3.82. The van der Waals surface area contributed by atoms with Gasteiger partial charge in [0.15, 0.2) is 0 Å². The van der Waals surface area contributed by atoms with E-state index in [2.05, 4.69) is 52.0 Å². The van der Waals surface area contributed by atoms with E-state index in [1.54, 1.807) is 0 Å². The number of rotatable bonds is 1. The van der Waals surface area contributed by atoms with Crippen molar-refractivity contribution in [1.82, 2.24) is 10.4 Å². The van der Waals surface area contributed by atoms with Gasteiger partial charge in [-0.15, -0.1) is 0 Å². The summed E-state index contributed by atoms with van der Waals surface area (Å²) in [5.74, 6) is 0. The van der Waals surface area contributed by atoms with Crippen LogP contribution < -0.4 is 5.43 Å². The Kier molecular flexibility index (Phi) is 3.27. The van der Waals surface area contributed by atoms with Gasteiger partial charge >= 0.3 is 0 Å². The van der Waals surface area contributed by atoms with Crippen molar-refractivity contribution < 1.29 is 0 Å². The molecule has 0 bridgehead atoms. The lowest BCUT2D eigenvalue weighted by molar-refractivity contribution is 0.00347. The lowest BCUT2D eigenvalue weighted by atomic mass is 9.71. The van der Waals surface area contributed by atoms with E-state index in [0.717, 1.165) is 6.54 Å². The molecule has 1 saturated heterocycles. The molecule has 0 amide bonds. The van der Waals surface area contributed by atoms with Gasteiger partial charge in [0.2, 0.25) is 0 Å². The average molecular weight is 198 g/mol. The first-order valence-corrected chi connectivity index (χ1v) is 5.73. The smallest absolute Gasteiger partial charge is 0.0340 e. The van der Waals surface area contributed by atoms with Gasteiger partial charge in [-0.05, 0) is 17.3 Å². The van der Waals surface area contributed by atoms with Gasteiger partial charge in [0, 0.05) is 19.1 Å². The van der Waals surface area contributed by atoms with E-state index < -0.39 is 0 Å². The molecule has 1 aliphatic rings. The molecule has 0 atom stereocenters. The monoisotopic (exact) mass is 198 g/mol. The lowest BCUT2D eigenvalue weighted by Crippen LogP contribution is -2.54. The molecule has 0 aromatic heterocycles. The third-order valence-electron chi connectivity index (χ3n) is 2.84. The van der Waals surface area contributed by atoms with Gasteiger partial charge in [0.1, 0.15) is 0 Å². The molecule has 0 aromatic rings. The minimum Gasteiger partial charge on any atom is -0.255 e. The number of hydrazine groups is 1. The maximum Gasteiger partial charge on any atom is 0.0340 e. The highest BCUT2D eigenvalue weighted by Crippen LogP contribution is 2.37. The molecule has 0 unspecified atom stereocenters. The Morgan fingerprint density at radius 3 is 1.79 bits per heavy atom. The molecule has 0 aliphatic carbocycles. The van der Waals surface area contributed by atoms with Crippen LogP contribution in [0.2, 0.25) is 0 Å². The molecular formula is C12H26N2. The summed E-state index contributed by atoms with van der Waals surface area (Å²) < 4.78 is 0. The molecule has 84 valence electrons. The van der Waals surface area contributed by atoms with E-state index in [-0.39, 0.29) is 0 Å². The Bertz CT molecular complexity index is 165. The van der Waals surface area contributed by atoms with Crippen molar-refractivity contribution in [3.63, 3.8) is 0 Å². The fraction of sp³-hybridized carbons (Fsp3) is 1.00. The van der Waals surface area contributed by atoms with E-state index in [4.69, 9.17) is 0 Å². The highest BCUT2D eigenvalue weighted by molar-refractivity contribution is 4.91. The van der Waals surface area contributed by atoms with Gasteiger partial charge in [-0.25, -0.2) is 5.01 Å². The SMILES string of the molecule is CC(C)(C)C(N1CCCN1)C(C)(C)C. The van der Waals surface area contributed by atoms with Crippen molar-refractivity contribution in [2.45, 2.75) is 54.0 Å². The standard InChI is InChI=1S/C12H26N2/c1-11(2,3)10(12(4,5)6)14-9-7-8-13-14/h10,13H,7-9H2,1-6H3. The van der Waals surface area contributed by atoms with Crippen molar-refractivity contribution in [2.75, 3.05) is 13.1 Å². The Balaban J connectivity index is 2.82. The topological polar surface area (TPSA) is 15.3 Å². The van der Waals surface area contributed by atoms with Crippen LogP contribution in [-0.4, -0.2) is 24.1 Å². The maximum absolute atomic E-state index is 3.50. The molecular weight excluding hydrogens is 172 g/mol. The summed E-state index contributed by atoms with van der Waals surface area (Å²) >= 11 is 0. The normalized spacial score (nSPS) is 20.8. The largest absolute Gasteiger partial charge is 0.255 e. The first kappa shape index (κ1) is 12.0. The third-order valence-corrected chi connectivity index (χ3v) is 2.84. The summed E-state index contributed by atoms with van der Waals surface area (Å²) in [5.41, 5.74) is 4.16. The maximum atomic E-state index is 3.50. The van der Waals surface area contributed by atoms with Gasteiger partial charge in [0.05, 0.1) is 0 Å². The van der Waals surface area contributed by atoms with Gasteiger partial charge in [-0.2, -0.15) is 0 Å². The average Bonchev–Trinajstić information content (AvgIpc) is 2.31. The Morgan fingerprint density at radius 2 is 1.50 bits per heavy atom. The lowest BCUT2D eigenvalue weighted by Gasteiger charge is -2.46. The zero-order chi connectivity index (χ0) is 11.0. The van der Waals surface area contributed by atoms with Crippen LogP contribution in [0.3, 0.4) is 0 Å². The summed E-state index contributed by atoms with van der Waals surface area (Å²) in [7, 11) is 0. The van der Waals surface area contributed by atoms with Gasteiger partial charge < -0.3 is 0 Å². The second-order valence-corrected chi connectivity index (χ2v) is 6.59. The first-order chi connectivity index (χ1) is 6.23. The van der Waals surface area contributed by atoms with Gasteiger partial charge in [0.25, 0.3) is 0 Å². The van der Waals surface area contributed by atoms with Crippen molar-refractivity contribution in [3.8, 4) is 0 Å². The van der Waals surface area contributed by atoms with E-state index in [1.165, 1.54) is 13.0 Å². The predicted octanol–water partition coefficient (Wildman–Crippen LogP) is 2.66. The minimum atomic E-state index is 0.329. The van der Waals surface area contributed by atoms with Crippen LogP contribution in [-0.2, 0) is 0 Å². The molecule has 14 heavy (non-hydrogen) atoms. The Labute approximate surface area is 89.0 Å². The third kappa shape index (κ3) is 2.71. The van der Waals surface area contributed by atoms with Crippen molar-refractivity contribution in [1.29, 1.82) is 0 Å². The van der Waals surface area contributed by atoms with Crippen LogP contribution >= 0.6 is 0 Å².